The Morgan fingerprint density at radius 2 is 1.73 bits per heavy atom. The number of hydrogen-bond donors (Lipinski definition) is 4. The van der Waals surface area contributed by atoms with Crippen molar-refractivity contribution in [3.05, 3.63) is 0 Å². The third-order valence-electron chi connectivity index (χ3n) is 2.15. The minimum Gasteiger partial charge on any atom is -0.394 e. The number of aliphatic hydroxyl groups is 3. The smallest absolute Gasteiger partial charge is 0.131 e. The Morgan fingerprint density at radius 1 is 1.27 bits per heavy atom. The van der Waals surface area contributed by atoms with E-state index in [9.17, 15) is 5.11 Å². The van der Waals surface area contributed by atoms with Crippen molar-refractivity contribution in [3.8, 4) is 0 Å². The quantitative estimate of drug-likeness (QED) is 0.467. The van der Waals surface area contributed by atoms with Crippen LogP contribution in [0.2, 0.25) is 0 Å². The summed E-state index contributed by atoms with van der Waals surface area (Å²) in [4.78, 5) is 0. The lowest BCUT2D eigenvalue weighted by Crippen LogP contribution is -2.51. The monoisotopic (exact) mass is 221 g/mol. The third kappa shape index (κ3) is 4.90. The molecule has 0 aliphatic carbocycles. The molecule has 0 radical (unpaired) electrons. The lowest BCUT2D eigenvalue weighted by atomic mass is 9.85. The van der Waals surface area contributed by atoms with Crippen LogP contribution in [0, 0.1) is 5.41 Å². The van der Waals surface area contributed by atoms with Gasteiger partial charge >= 0.3 is 0 Å². The van der Waals surface area contributed by atoms with Gasteiger partial charge in [0.25, 0.3) is 0 Å². The summed E-state index contributed by atoms with van der Waals surface area (Å²) in [6.45, 7) is 7.16. The Morgan fingerprint density at radius 3 is 2.00 bits per heavy atom. The van der Waals surface area contributed by atoms with Gasteiger partial charge in [-0.2, -0.15) is 0 Å². The topological polar surface area (TPSA) is 95.9 Å². The molecule has 0 spiro atoms. The molecule has 0 aromatic rings. The van der Waals surface area contributed by atoms with Gasteiger partial charge in [0.05, 0.1) is 18.8 Å². The summed E-state index contributed by atoms with van der Waals surface area (Å²) in [5.74, 6) is 0. The number of ether oxygens (including phenoxy) is 1. The van der Waals surface area contributed by atoms with Crippen LogP contribution < -0.4 is 5.73 Å². The van der Waals surface area contributed by atoms with Gasteiger partial charge in [0.1, 0.15) is 12.3 Å². The van der Waals surface area contributed by atoms with E-state index in [2.05, 4.69) is 0 Å². The minimum absolute atomic E-state index is 0.139. The number of aliphatic hydroxyl groups excluding tert-OH is 3. The van der Waals surface area contributed by atoms with E-state index in [1.165, 1.54) is 0 Å². The molecule has 0 aliphatic heterocycles. The molecule has 5 N–H and O–H groups in total. The molecule has 4 atom stereocenters. The standard InChI is InChI=1S/C10H23NO4/c1-6(5-12)15-8(10(2,3)4)7(13)9(11)14/h6-9,12-14H,5,11H2,1-4H3/t6-,7?,8?,9+/m0/s1. The summed E-state index contributed by atoms with van der Waals surface area (Å²) in [5, 5.41) is 27.7. The largest absolute Gasteiger partial charge is 0.394 e. The van der Waals surface area contributed by atoms with Crippen LogP contribution in [0.5, 0.6) is 0 Å². The molecule has 0 bridgehead atoms. The van der Waals surface area contributed by atoms with E-state index in [0.29, 0.717) is 0 Å². The highest BCUT2D eigenvalue weighted by Gasteiger charge is 2.36. The maximum absolute atomic E-state index is 9.68. The molecule has 0 amide bonds. The lowest BCUT2D eigenvalue weighted by Gasteiger charge is -2.36. The van der Waals surface area contributed by atoms with Crippen molar-refractivity contribution in [3.63, 3.8) is 0 Å². The molecule has 0 aromatic heterocycles. The number of nitrogens with two attached hydrogens (primary N) is 1. The molecule has 15 heavy (non-hydrogen) atoms. The molecular weight excluding hydrogens is 198 g/mol. The average Bonchev–Trinajstić information content (AvgIpc) is 2.10. The van der Waals surface area contributed by atoms with E-state index in [0.717, 1.165) is 0 Å². The number of rotatable bonds is 5. The lowest BCUT2D eigenvalue weighted by molar-refractivity contribution is -0.156. The SMILES string of the molecule is C[C@@H](CO)OC(C(O)[C@H](N)O)C(C)(C)C. The molecule has 92 valence electrons. The Labute approximate surface area is 90.9 Å². The maximum Gasteiger partial charge on any atom is 0.131 e. The van der Waals surface area contributed by atoms with Crippen molar-refractivity contribution in [1.82, 2.24) is 0 Å². The molecule has 0 saturated carbocycles. The van der Waals surface area contributed by atoms with Crippen molar-refractivity contribution < 1.29 is 20.1 Å². The van der Waals surface area contributed by atoms with E-state index in [-0.39, 0.29) is 12.0 Å². The summed E-state index contributed by atoms with van der Waals surface area (Å²) >= 11 is 0. The van der Waals surface area contributed by atoms with Crippen LogP contribution in [0.4, 0.5) is 0 Å². The molecule has 0 aromatic carbocycles. The van der Waals surface area contributed by atoms with Crippen molar-refractivity contribution in [2.75, 3.05) is 6.61 Å². The van der Waals surface area contributed by atoms with E-state index in [4.69, 9.17) is 20.7 Å². The van der Waals surface area contributed by atoms with Crippen LogP contribution in [0.25, 0.3) is 0 Å². The fourth-order valence-electron chi connectivity index (χ4n) is 1.27. The first kappa shape index (κ1) is 14.8. The van der Waals surface area contributed by atoms with Crippen LogP contribution in [0.15, 0.2) is 0 Å². The van der Waals surface area contributed by atoms with Gasteiger partial charge in [0, 0.05) is 0 Å². The van der Waals surface area contributed by atoms with Crippen molar-refractivity contribution in [1.29, 1.82) is 0 Å². The second-order valence-corrected chi connectivity index (χ2v) is 4.90. The van der Waals surface area contributed by atoms with Gasteiger partial charge < -0.3 is 25.8 Å². The summed E-state index contributed by atoms with van der Waals surface area (Å²) in [7, 11) is 0. The molecular formula is C10H23NO4. The summed E-state index contributed by atoms with van der Waals surface area (Å²) in [5.41, 5.74) is 4.84. The van der Waals surface area contributed by atoms with Gasteiger partial charge in [-0.25, -0.2) is 0 Å². The van der Waals surface area contributed by atoms with Gasteiger partial charge in [-0.15, -0.1) is 0 Å². The predicted molar refractivity (Wildman–Crippen MR) is 57.1 cm³/mol. The highest BCUT2D eigenvalue weighted by Crippen LogP contribution is 2.26. The first-order valence-electron chi connectivity index (χ1n) is 5.08. The van der Waals surface area contributed by atoms with E-state index < -0.39 is 24.5 Å². The van der Waals surface area contributed by atoms with Crippen molar-refractivity contribution >= 4 is 0 Å². The second kappa shape index (κ2) is 5.77. The Kier molecular flexibility index (Phi) is 5.69. The van der Waals surface area contributed by atoms with Crippen LogP contribution in [0.1, 0.15) is 27.7 Å². The minimum atomic E-state index is -1.35. The Bertz CT molecular complexity index is 179. The maximum atomic E-state index is 9.68. The predicted octanol–water partition coefficient (Wildman–Crippen LogP) is -0.563. The normalized spacial score (nSPS) is 20.8. The van der Waals surface area contributed by atoms with Crippen LogP contribution in [0.3, 0.4) is 0 Å². The summed E-state index contributed by atoms with van der Waals surface area (Å²) in [6, 6.07) is 0. The average molecular weight is 221 g/mol. The molecule has 0 heterocycles. The van der Waals surface area contributed by atoms with Gasteiger partial charge in [-0.1, -0.05) is 20.8 Å². The van der Waals surface area contributed by atoms with E-state index in [1.807, 2.05) is 20.8 Å². The fourth-order valence-corrected chi connectivity index (χ4v) is 1.27. The molecule has 0 aliphatic rings. The van der Waals surface area contributed by atoms with E-state index in [1.54, 1.807) is 6.92 Å². The van der Waals surface area contributed by atoms with Gasteiger partial charge in [-0.3, -0.25) is 0 Å². The molecule has 2 unspecified atom stereocenters. The van der Waals surface area contributed by atoms with Crippen LogP contribution in [-0.2, 0) is 4.74 Å². The van der Waals surface area contributed by atoms with Crippen LogP contribution in [-0.4, -0.2) is 46.5 Å². The first-order chi connectivity index (χ1) is 6.70. The van der Waals surface area contributed by atoms with Gasteiger partial charge in [0.15, 0.2) is 0 Å². The van der Waals surface area contributed by atoms with Crippen LogP contribution >= 0.6 is 0 Å². The first-order valence-corrected chi connectivity index (χ1v) is 5.08. The number of hydrogen-bond acceptors (Lipinski definition) is 5. The summed E-state index contributed by atoms with van der Waals surface area (Å²) in [6.07, 6.45) is -3.54. The Balaban J connectivity index is 4.59. The zero-order valence-corrected chi connectivity index (χ0v) is 9.84. The van der Waals surface area contributed by atoms with E-state index >= 15 is 0 Å². The highest BCUT2D eigenvalue weighted by atomic mass is 16.5. The summed E-state index contributed by atoms with van der Waals surface area (Å²) < 4.78 is 5.45. The third-order valence-corrected chi connectivity index (χ3v) is 2.15. The Hall–Kier alpha value is -0.200. The molecule has 5 heteroatoms. The van der Waals surface area contributed by atoms with Gasteiger partial charge in [0.2, 0.25) is 0 Å². The molecule has 5 nitrogen and oxygen atoms in total. The highest BCUT2D eigenvalue weighted by molar-refractivity contribution is 4.84. The molecule has 0 fully saturated rings. The zero-order valence-electron chi connectivity index (χ0n) is 9.84. The van der Waals surface area contributed by atoms with Crippen molar-refractivity contribution in [2.45, 2.75) is 52.2 Å². The zero-order chi connectivity index (χ0) is 12.2. The molecule has 0 saturated heterocycles. The second-order valence-electron chi connectivity index (χ2n) is 4.90. The molecule has 0 rings (SSSR count). The van der Waals surface area contributed by atoms with Gasteiger partial charge in [-0.05, 0) is 12.3 Å². The fraction of sp³-hybridized carbons (Fsp3) is 1.00. The van der Waals surface area contributed by atoms with Crippen molar-refractivity contribution in [2.24, 2.45) is 11.1 Å².